The molecule has 0 bridgehead atoms. The minimum atomic E-state index is -0.256. The van der Waals surface area contributed by atoms with Crippen LogP contribution in [0.15, 0.2) is 42.5 Å². The number of halogens is 1. The molecule has 0 saturated carbocycles. The molecular formula is C19H19ClN2O3. The van der Waals surface area contributed by atoms with Crippen LogP contribution in [-0.2, 0) is 4.79 Å². The number of nitrogens with zero attached hydrogens (tertiary/aromatic N) is 1. The Kier molecular flexibility index (Phi) is 5.24. The predicted octanol–water partition coefficient (Wildman–Crippen LogP) is 4.12. The molecule has 2 aromatic carbocycles. The number of nitrogens with one attached hydrogen (secondary N) is 1. The molecule has 0 aliphatic carbocycles. The third kappa shape index (κ3) is 3.94. The molecule has 1 saturated heterocycles. The van der Waals surface area contributed by atoms with Crippen LogP contribution in [0.4, 0.5) is 11.4 Å². The number of ether oxygens (including phenoxy) is 1. The van der Waals surface area contributed by atoms with Crippen LogP contribution in [0.5, 0.6) is 5.75 Å². The van der Waals surface area contributed by atoms with Crippen LogP contribution in [-0.4, -0.2) is 25.0 Å². The Hall–Kier alpha value is -2.53. The van der Waals surface area contributed by atoms with Gasteiger partial charge in [0.15, 0.2) is 0 Å². The highest BCUT2D eigenvalue weighted by molar-refractivity contribution is 6.34. The summed E-state index contributed by atoms with van der Waals surface area (Å²) >= 11 is 6.21. The van der Waals surface area contributed by atoms with E-state index in [1.165, 1.54) is 0 Å². The van der Waals surface area contributed by atoms with E-state index < -0.39 is 0 Å². The Bertz CT molecular complexity index is 790. The molecule has 1 heterocycles. The number of hydrogen-bond acceptors (Lipinski definition) is 3. The van der Waals surface area contributed by atoms with Crippen molar-refractivity contribution >= 4 is 34.8 Å². The maximum absolute atomic E-state index is 12.5. The minimum Gasteiger partial charge on any atom is -0.494 e. The first kappa shape index (κ1) is 17.3. The van der Waals surface area contributed by atoms with Gasteiger partial charge < -0.3 is 15.0 Å². The standard InChI is InChI=1S/C19H19ClN2O3/c1-2-25-15-8-6-14(7-9-15)21-19(24)13-5-10-16(20)17(12-13)22-11-3-4-18(22)23/h5-10,12H,2-4,11H2,1H3,(H,21,24). The molecule has 0 atom stereocenters. The normalized spacial score (nSPS) is 13.8. The summed E-state index contributed by atoms with van der Waals surface area (Å²) in [6.07, 6.45) is 1.32. The lowest BCUT2D eigenvalue weighted by atomic mass is 10.1. The zero-order valence-corrected chi connectivity index (χ0v) is 14.7. The molecular weight excluding hydrogens is 340 g/mol. The molecule has 0 unspecified atom stereocenters. The number of rotatable bonds is 5. The van der Waals surface area contributed by atoms with Gasteiger partial charge in [0, 0.05) is 24.2 Å². The summed E-state index contributed by atoms with van der Waals surface area (Å²) in [4.78, 5) is 26.1. The molecule has 0 radical (unpaired) electrons. The Labute approximate surface area is 151 Å². The number of carbonyl (C=O) groups is 2. The van der Waals surface area contributed by atoms with Gasteiger partial charge in [-0.1, -0.05) is 11.6 Å². The average molecular weight is 359 g/mol. The fraction of sp³-hybridized carbons (Fsp3) is 0.263. The Morgan fingerprint density at radius 2 is 2.00 bits per heavy atom. The molecule has 130 valence electrons. The van der Waals surface area contributed by atoms with E-state index in [9.17, 15) is 9.59 Å². The number of carbonyl (C=O) groups excluding carboxylic acids is 2. The van der Waals surface area contributed by atoms with Gasteiger partial charge in [-0.2, -0.15) is 0 Å². The number of hydrogen-bond donors (Lipinski definition) is 1. The molecule has 2 amide bonds. The average Bonchev–Trinajstić information content (AvgIpc) is 3.03. The van der Waals surface area contributed by atoms with E-state index in [1.54, 1.807) is 47.4 Å². The number of anilines is 2. The minimum absolute atomic E-state index is 0.0333. The zero-order chi connectivity index (χ0) is 17.8. The van der Waals surface area contributed by atoms with Crippen LogP contribution in [0.2, 0.25) is 5.02 Å². The van der Waals surface area contributed by atoms with Crippen LogP contribution in [0.25, 0.3) is 0 Å². The largest absolute Gasteiger partial charge is 0.494 e. The highest BCUT2D eigenvalue weighted by Gasteiger charge is 2.24. The fourth-order valence-electron chi connectivity index (χ4n) is 2.77. The highest BCUT2D eigenvalue weighted by atomic mass is 35.5. The van der Waals surface area contributed by atoms with Gasteiger partial charge in [-0.25, -0.2) is 0 Å². The molecule has 6 heteroatoms. The van der Waals surface area contributed by atoms with Crippen LogP contribution in [0.3, 0.4) is 0 Å². The highest BCUT2D eigenvalue weighted by Crippen LogP contribution is 2.30. The first-order valence-electron chi connectivity index (χ1n) is 8.22. The lowest BCUT2D eigenvalue weighted by molar-refractivity contribution is -0.117. The van der Waals surface area contributed by atoms with Gasteiger partial charge in [0.25, 0.3) is 5.91 Å². The van der Waals surface area contributed by atoms with E-state index in [-0.39, 0.29) is 11.8 Å². The first-order valence-corrected chi connectivity index (χ1v) is 8.60. The van der Waals surface area contributed by atoms with Crippen molar-refractivity contribution in [1.82, 2.24) is 0 Å². The topological polar surface area (TPSA) is 58.6 Å². The molecule has 25 heavy (non-hydrogen) atoms. The van der Waals surface area contributed by atoms with Gasteiger partial charge in [-0.15, -0.1) is 0 Å². The van der Waals surface area contributed by atoms with Crippen molar-refractivity contribution in [2.24, 2.45) is 0 Å². The number of benzene rings is 2. The van der Waals surface area contributed by atoms with Crippen LogP contribution in [0, 0.1) is 0 Å². The van der Waals surface area contributed by atoms with Crippen molar-refractivity contribution in [2.75, 3.05) is 23.4 Å². The van der Waals surface area contributed by atoms with Crippen molar-refractivity contribution in [3.63, 3.8) is 0 Å². The molecule has 2 aromatic rings. The van der Waals surface area contributed by atoms with Gasteiger partial charge in [-0.3, -0.25) is 9.59 Å². The summed E-state index contributed by atoms with van der Waals surface area (Å²) in [5, 5.41) is 3.30. The summed E-state index contributed by atoms with van der Waals surface area (Å²) in [6.45, 7) is 3.13. The van der Waals surface area contributed by atoms with E-state index in [4.69, 9.17) is 16.3 Å². The molecule has 3 rings (SSSR count). The second-order valence-corrected chi connectivity index (χ2v) is 6.13. The summed E-state index contributed by atoms with van der Waals surface area (Å²) in [7, 11) is 0. The van der Waals surface area contributed by atoms with Crippen LogP contribution >= 0.6 is 11.6 Å². The van der Waals surface area contributed by atoms with Crippen molar-refractivity contribution < 1.29 is 14.3 Å². The lowest BCUT2D eigenvalue weighted by Crippen LogP contribution is -2.24. The Balaban J connectivity index is 1.76. The quantitative estimate of drug-likeness (QED) is 0.874. The summed E-state index contributed by atoms with van der Waals surface area (Å²) in [5.74, 6) is 0.529. The molecule has 0 aromatic heterocycles. The summed E-state index contributed by atoms with van der Waals surface area (Å²) < 4.78 is 5.38. The van der Waals surface area contributed by atoms with Crippen LogP contribution in [0.1, 0.15) is 30.1 Å². The molecule has 1 aliphatic heterocycles. The van der Waals surface area contributed by atoms with Gasteiger partial charge in [0.05, 0.1) is 17.3 Å². The van der Waals surface area contributed by atoms with Crippen molar-refractivity contribution in [3.8, 4) is 5.75 Å². The number of amides is 2. The maximum atomic E-state index is 12.5. The smallest absolute Gasteiger partial charge is 0.255 e. The zero-order valence-electron chi connectivity index (χ0n) is 13.9. The molecule has 1 fully saturated rings. The Morgan fingerprint density at radius 3 is 2.64 bits per heavy atom. The summed E-state index contributed by atoms with van der Waals surface area (Å²) in [5.41, 5.74) is 1.71. The second kappa shape index (κ2) is 7.57. The monoisotopic (exact) mass is 358 g/mol. The lowest BCUT2D eigenvalue weighted by Gasteiger charge is -2.18. The SMILES string of the molecule is CCOc1ccc(NC(=O)c2ccc(Cl)c(N3CCCC3=O)c2)cc1. The molecule has 1 aliphatic rings. The second-order valence-electron chi connectivity index (χ2n) is 5.73. The molecule has 5 nitrogen and oxygen atoms in total. The van der Waals surface area contributed by atoms with E-state index >= 15 is 0 Å². The van der Waals surface area contributed by atoms with Gasteiger partial charge in [0.2, 0.25) is 5.91 Å². The van der Waals surface area contributed by atoms with E-state index in [1.807, 2.05) is 6.92 Å². The van der Waals surface area contributed by atoms with Gasteiger partial charge in [-0.05, 0) is 55.8 Å². The van der Waals surface area contributed by atoms with Gasteiger partial charge >= 0.3 is 0 Å². The van der Waals surface area contributed by atoms with Crippen LogP contribution < -0.4 is 15.0 Å². The van der Waals surface area contributed by atoms with E-state index in [0.29, 0.717) is 41.5 Å². The van der Waals surface area contributed by atoms with Gasteiger partial charge in [0.1, 0.15) is 5.75 Å². The Morgan fingerprint density at radius 1 is 1.24 bits per heavy atom. The molecule has 1 N–H and O–H groups in total. The first-order chi connectivity index (χ1) is 12.1. The van der Waals surface area contributed by atoms with E-state index in [2.05, 4.69) is 5.32 Å². The van der Waals surface area contributed by atoms with E-state index in [0.717, 1.165) is 12.2 Å². The summed E-state index contributed by atoms with van der Waals surface area (Å²) in [6, 6.07) is 12.1. The van der Waals surface area contributed by atoms with Crippen molar-refractivity contribution in [1.29, 1.82) is 0 Å². The predicted molar refractivity (Wildman–Crippen MR) is 98.6 cm³/mol. The molecule has 0 spiro atoms. The van der Waals surface area contributed by atoms with Crippen molar-refractivity contribution in [2.45, 2.75) is 19.8 Å². The third-order valence-corrected chi connectivity index (χ3v) is 4.32. The van der Waals surface area contributed by atoms with Crippen molar-refractivity contribution in [3.05, 3.63) is 53.1 Å². The maximum Gasteiger partial charge on any atom is 0.255 e. The third-order valence-electron chi connectivity index (χ3n) is 4.00. The fourth-order valence-corrected chi connectivity index (χ4v) is 2.99.